The molecule has 0 radical (unpaired) electrons. The van der Waals surface area contributed by atoms with Gasteiger partial charge in [0, 0.05) is 33.9 Å². The number of hydrogen-bond acceptors (Lipinski definition) is 2. The highest BCUT2D eigenvalue weighted by Crippen LogP contribution is 2.31. The summed E-state index contributed by atoms with van der Waals surface area (Å²) in [6, 6.07) is 29.8. The molecule has 0 aliphatic carbocycles. The summed E-state index contributed by atoms with van der Waals surface area (Å²) in [7, 11) is 0. The molecular formula is C26H16N2. The highest BCUT2D eigenvalue weighted by atomic mass is 14.7. The Labute approximate surface area is 162 Å². The van der Waals surface area contributed by atoms with Crippen LogP contribution in [0.25, 0.3) is 54.5 Å². The minimum atomic E-state index is 1.02. The molecule has 130 valence electrons. The molecule has 0 amide bonds. The van der Waals surface area contributed by atoms with E-state index in [-0.39, 0.29) is 0 Å². The van der Waals surface area contributed by atoms with E-state index in [1.165, 1.54) is 32.3 Å². The molecule has 0 saturated carbocycles. The summed E-state index contributed by atoms with van der Waals surface area (Å²) < 4.78 is 0. The minimum Gasteiger partial charge on any atom is -0.256 e. The van der Waals surface area contributed by atoms with Gasteiger partial charge in [0.1, 0.15) is 0 Å². The number of rotatable bonds is 1. The molecule has 4 aromatic carbocycles. The van der Waals surface area contributed by atoms with Gasteiger partial charge in [-0.3, -0.25) is 9.97 Å². The van der Waals surface area contributed by atoms with Crippen molar-refractivity contribution in [3.63, 3.8) is 0 Å². The Bertz CT molecular complexity index is 1400. The second kappa shape index (κ2) is 5.86. The molecule has 6 rings (SSSR count). The molecule has 6 aromatic rings. The monoisotopic (exact) mass is 356 g/mol. The van der Waals surface area contributed by atoms with Crippen LogP contribution in [0.3, 0.4) is 0 Å². The highest BCUT2D eigenvalue weighted by molar-refractivity contribution is 6.08. The van der Waals surface area contributed by atoms with Gasteiger partial charge in [-0.25, -0.2) is 0 Å². The van der Waals surface area contributed by atoms with Crippen molar-refractivity contribution >= 4 is 43.4 Å². The fraction of sp³-hybridized carbons (Fsp3) is 0. The van der Waals surface area contributed by atoms with E-state index in [1.54, 1.807) is 0 Å². The van der Waals surface area contributed by atoms with E-state index >= 15 is 0 Å². The first-order chi connectivity index (χ1) is 13.9. The van der Waals surface area contributed by atoms with Crippen molar-refractivity contribution in [1.29, 1.82) is 0 Å². The molecule has 0 atom stereocenters. The van der Waals surface area contributed by atoms with Gasteiger partial charge in [0.2, 0.25) is 0 Å². The third-order valence-electron chi connectivity index (χ3n) is 5.52. The zero-order valence-electron chi connectivity index (χ0n) is 15.1. The average Bonchev–Trinajstić information content (AvgIpc) is 2.78. The molecule has 0 spiro atoms. The summed E-state index contributed by atoms with van der Waals surface area (Å²) in [5, 5.41) is 7.20. The number of pyridine rings is 2. The smallest absolute Gasteiger partial charge is 0.0714 e. The lowest BCUT2D eigenvalue weighted by Crippen LogP contribution is -1.86. The molecule has 0 aliphatic heterocycles. The van der Waals surface area contributed by atoms with Gasteiger partial charge < -0.3 is 0 Å². The molecule has 0 unspecified atom stereocenters. The first kappa shape index (κ1) is 15.3. The van der Waals surface area contributed by atoms with E-state index in [2.05, 4.69) is 94.9 Å². The number of hydrogen-bond donors (Lipinski definition) is 0. The fourth-order valence-corrected chi connectivity index (χ4v) is 4.08. The normalized spacial score (nSPS) is 11.6. The van der Waals surface area contributed by atoms with Crippen LogP contribution in [0, 0.1) is 0 Å². The minimum absolute atomic E-state index is 1.02. The van der Waals surface area contributed by atoms with E-state index in [1.807, 2.05) is 12.4 Å². The lowest BCUT2D eigenvalue weighted by atomic mass is 9.99. The molecule has 2 aromatic heterocycles. The maximum atomic E-state index is 4.68. The highest BCUT2D eigenvalue weighted by Gasteiger charge is 2.07. The standard InChI is InChI=1S/C26H16N2/c1-3-7-21-19(5-1)15-27-25-13-17(9-11-23(21)25)18-10-12-24-22-8-4-2-6-20(22)16-28-26(24)14-18/h1-16H. The first-order valence-corrected chi connectivity index (χ1v) is 9.42. The molecule has 2 heteroatoms. The average molecular weight is 356 g/mol. The van der Waals surface area contributed by atoms with Crippen molar-refractivity contribution in [1.82, 2.24) is 9.97 Å². The van der Waals surface area contributed by atoms with Crippen molar-refractivity contribution in [2.24, 2.45) is 0 Å². The molecule has 0 N–H and O–H groups in total. The van der Waals surface area contributed by atoms with Crippen molar-refractivity contribution in [3.8, 4) is 11.1 Å². The van der Waals surface area contributed by atoms with Gasteiger partial charge in [-0.1, -0.05) is 72.8 Å². The molecule has 0 fully saturated rings. The summed E-state index contributed by atoms with van der Waals surface area (Å²) in [5.74, 6) is 0. The lowest BCUT2D eigenvalue weighted by Gasteiger charge is -2.08. The molecule has 2 heterocycles. The zero-order chi connectivity index (χ0) is 18.5. The van der Waals surface area contributed by atoms with Crippen molar-refractivity contribution in [2.75, 3.05) is 0 Å². The first-order valence-electron chi connectivity index (χ1n) is 9.42. The topological polar surface area (TPSA) is 25.8 Å². The maximum Gasteiger partial charge on any atom is 0.0714 e. The summed E-state index contributed by atoms with van der Waals surface area (Å²) in [6.45, 7) is 0. The van der Waals surface area contributed by atoms with Gasteiger partial charge in [0.05, 0.1) is 11.0 Å². The quantitative estimate of drug-likeness (QED) is 0.304. The van der Waals surface area contributed by atoms with Crippen LogP contribution in [0.4, 0.5) is 0 Å². The SMILES string of the molecule is c1ccc2c(c1)cnc1cc(-c3ccc4c(c3)ncc3ccccc34)ccc12. The Hall–Kier alpha value is -3.78. The van der Waals surface area contributed by atoms with Crippen LogP contribution in [0.5, 0.6) is 0 Å². The van der Waals surface area contributed by atoms with Crippen LogP contribution in [-0.4, -0.2) is 9.97 Å². The van der Waals surface area contributed by atoms with Crippen LogP contribution >= 0.6 is 0 Å². The summed E-state index contributed by atoms with van der Waals surface area (Å²) >= 11 is 0. The second-order valence-corrected chi connectivity index (χ2v) is 7.15. The predicted octanol–water partition coefficient (Wildman–Crippen LogP) is 6.76. The van der Waals surface area contributed by atoms with Crippen LogP contribution in [0.15, 0.2) is 97.3 Å². The van der Waals surface area contributed by atoms with Crippen LogP contribution in [-0.2, 0) is 0 Å². The summed E-state index contributed by atoms with van der Waals surface area (Å²) in [6.07, 6.45) is 3.91. The van der Waals surface area contributed by atoms with Gasteiger partial charge in [-0.05, 0) is 34.0 Å². The Morgan fingerprint density at radius 3 is 1.39 bits per heavy atom. The van der Waals surface area contributed by atoms with E-state index in [0.717, 1.165) is 22.2 Å². The third-order valence-corrected chi connectivity index (χ3v) is 5.52. The van der Waals surface area contributed by atoms with Crippen molar-refractivity contribution in [3.05, 3.63) is 97.3 Å². The van der Waals surface area contributed by atoms with E-state index in [0.29, 0.717) is 0 Å². The second-order valence-electron chi connectivity index (χ2n) is 7.15. The van der Waals surface area contributed by atoms with E-state index < -0.39 is 0 Å². The molecule has 0 saturated heterocycles. The lowest BCUT2D eigenvalue weighted by molar-refractivity contribution is 1.43. The van der Waals surface area contributed by atoms with Gasteiger partial charge in [0.25, 0.3) is 0 Å². The number of aromatic nitrogens is 2. The van der Waals surface area contributed by atoms with Crippen molar-refractivity contribution in [2.45, 2.75) is 0 Å². The van der Waals surface area contributed by atoms with Gasteiger partial charge in [0.15, 0.2) is 0 Å². The van der Waals surface area contributed by atoms with Crippen LogP contribution in [0.2, 0.25) is 0 Å². The predicted molar refractivity (Wildman–Crippen MR) is 117 cm³/mol. The Kier molecular flexibility index (Phi) is 3.20. The van der Waals surface area contributed by atoms with Gasteiger partial charge in [-0.2, -0.15) is 0 Å². The largest absolute Gasteiger partial charge is 0.256 e. The van der Waals surface area contributed by atoms with Gasteiger partial charge >= 0.3 is 0 Å². The molecule has 0 bridgehead atoms. The molecular weight excluding hydrogens is 340 g/mol. The van der Waals surface area contributed by atoms with Gasteiger partial charge in [-0.15, -0.1) is 0 Å². The molecule has 2 nitrogen and oxygen atoms in total. The number of benzene rings is 4. The summed E-state index contributed by atoms with van der Waals surface area (Å²) in [4.78, 5) is 9.37. The van der Waals surface area contributed by atoms with Crippen molar-refractivity contribution < 1.29 is 0 Å². The Balaban J connectivity index is 1.55. The van der Waals surface area contributed by atoms with Crippen LogP contribution in [0.1, 0.15) is 0 Å². The molecule has 28 heavy (non-hydrogen) atoms. The van der Waals surface area contributed by atoms with E-state index in [9.17, 15) is 0 Å². The zero-order valence-corrected chi connectivity index (χ0v) is 15.1. The summed E-state index contributed by atoms with van der Waals surface area (Å²) in [5.41, 5.74) is 4.35. The number of nitrogens with zero attached hydrogens (tertiary/aromatic N) is 2. The third kappa shape index (κ3) is 2.28. The fourth-order valence-electron chi connectivity index (χ4n) is 4.08. The molecule has 0 aliphatic rings. The number of fused-ring (bicyclic) bond motifs is 6. The Morgan fingerprint density at radius 2 is 0.893 bits per heavy atom. The maximum absolute atomic E-state index is 4.68. The Morgan fingerprint density at radius 1 is 0.429 bits per heavy atom. The van der Waals surface area contributed by atoms with Crippen LogP contribution < -0.4 is 0 Å². The van der Waals surface area contributed by atoms with E-state index in [4.69, 9.17) is 0 Å².